The van der Waals surface area contributed by atoms with Crippen LogP contribution in [-0.2, 0) is 0 Å². The topological polar surface area (TPSA) is 21.3 Å². The Hall–Kier alpha value is -1.09. The SMILES string of the molecule is Cc1ccc(F)cc1OC(C)CNCC(C)C. The molecule has 0 saturated heterocycles. The van der Waals surface area contributed by atoms with E-state index in [9.17, 15) is 4.39 Å². The zero-order valence-electron chi connectivity index (χ0n) is 11.1. The summed E-state index contributed by atoms with van der Waals surface area (Å²) in [6, 6.07) is 4.62. The minimum atomic E-state index is -0.257. The molecule has 0 saturated carbocycles. The number of hydrogen-bond acceptors (Lipinski definition) is 2. The van der Waals surface area contributed by atoms with E-state index < -0.39 is 0 Å². The minimum absolute atomic E-state index is 0.0363. The summed E-state index contributed by atoms with van der Waals surface area (Å²) in [4.78, 5) is 0. The van der Waals surface area contributed by atoms with Crippen LogP contribution in [0.1, 0.15) is 26.3 Å². The number of benzene rings is 1. The predicted molar refractivity (Wildman–Crippen MR) is 68.9 cm³/mol. The average Bonchev–Trinajstić information content (AvgIpc) is 2.23. The van der Waals surface area contributed by atoms with Gasteiger partial charge in [0.05, 0.1) is 0 Å². The summed E-state index contributed by atoms with van der Waals surface area (Å²) in [7, 11) is 0. The summed E-state index contributed by atoms with van der Waals surface area (Å²) in [5, 5.41) is 3.32. The Labute approximate surface area is 103 Å². The lowest BCUT2D eigenvalue weighted by Gasteiger charge is -2.17. The highest BCUT2D eigenvalue weighted by molar-refractivity contribution is 5.32. The lowest BCUT2D eigenvalue weighted by Crippen LogP contribution is -2.31. The molecule has 0 aliphatic rings. The van der Waals surface area contributed by atoms with Gasteiger partial charge in [-0.05, 0) is 37.9 Å². The normalized spacial score (nSPS) is 12.8. The first kappa shape index (κ1) is 14.0. The summed E-state index contributed by atoms with van der Waals surface area (Å²) in [6.45, 7) is 9.97. The lowest BCUT2D eigenvalue weighted by molar-refractivity contribution is 0.213. The van der Waals surface area contributed by atoms with Crippen molar-refractivity contribution in [2.45, 2.75) is 33.8 Å². The maximum absolute atomic E-state index is 13.1. The van der Waals surface area contributed by atoms with Gasteiger partial charge >= 0.3 is 0 Å². The van der Waals surface area contributed by atoms with Crippen LogP contribution in [0.15, 0.2) is 18.2 Å². The summed E-state index contributed by atoms with van der Waals surface area (Å²) in [6.07, 6.45) is 0.0363. The highest BCUT2D eigenvalue weighted by Crippen LogP contribution is 2.19. The molecule has 0 bridgehead atoms. The fourth-order valence-electron chi connectivity index (χ4n) is 1.53. The number of halogens is 1. The van der Waals surface area contributed by atoms with E-state index in [0.717, 1.165) is 18.7 Å². The maximum atomic E-state index is 13.1. The van der Waals surface area contributed by atoms with Gasteiger partial charge in [-0.25, -0.2) is 4.39 Å². The zero-order chi connectivity index (χ0) is 12.8. The molecule has 0 aliphatic carbocycles. The molecule has 0 heterocycles. The van der Waals surface area contributed by atoms with Gasteiger partial charge in [0.2, 0.25) is 0 Å². The highest BCUT2D eigenvalue weighted by Gasteiger charge is 2.07. The largest absolute Gasteiger partial charge is 0.489 e. The van der Waals surface area contributed by atoms with Crippen molar-refractivity contribution < 1.29 is 9.13 Å². The molecule has 0 fully saturated rings. The van der Waals surface area contributed by atoms with Crippen molar-refractivity contribution >= 4 is 0 Å². The second-order valence-corrected chi connectivity index (χ2v) is 4.89. The van der Waals surface area contributed by atoms with Crippen LogP contribution in [-0.4, -0.2) is 19.2 Å². The van der Waals surface area contributed by atoms with Crippen LogP contribution in [0, 0.1) is 18.7 Å². The molecule has 96 valence electrons. The van der Waals surface area contributed by atoms with Crippen molar-refractivity contribution in [3.8, 4) is 5.75 Å². The van der Waals surface area contributed by atoms with Crippen molar-refractivity contribution in [1.29, 1.82) is 0 Å². The molecule has 1 atom stereocenters. The van der Waals surface area contributed by atoms with E-state index in [1.54, 1.807) is 6.07 Å². The van der Waals surface area contributed by atoms with E-state index in [1.165, 1.54) is 12.1 Å². The van der Waals surface area contributed by atoms with Crippen LogP contribution in [0.3, 0.4) is 0 Å². The molecule has 0 aromatic heterocycles. The number of hydrogen-bond donors (Lipinski definition) is 1. The second-order valence-electron chi connectivity index (χ2n) is 4.89. The Bertz CT molecular complexity index is 352. The molecule has 17 heavy (non-hydrogen) atoms. The molecule has 1 N–H and O–H groups in total. The first-order chi connectivity index (χ1) is 7.99. The fraction of sp³-hybridized carbons (Fsp3) is 0.571. The summed E-state index contributed by atoms with van der Waals surface area (Å²) in [5.41, 5.74) is 0.960. The number of rotatable bonds is 6. The Balaban J connectivity index is 2.44. The molecule has 1 rings (SSSR count). The molecule has 3 heteroatoms. The van der Waals surface area contributed by atoms with E-state index >= 15 is 0 Å². The second kappa shape index (κ2) is 6.60. The van der Waals surface area contributed by atoms with E-state index in [0.29, 0.717) is 11.7 Å². The minimum Gasteiger partial charge on any atom is -0.489 e. The van der Waals surface area contributed by atoms with Gasteiger partial charge in [-0.3, -0.25) is 0 Å². The van der Waals surface area contributed by atoms with Crippen LogP contribution in [0.2, 0.25) is 0 Å². The van der Waals surface area contributed by atoms with Crippen molar-refractivity contribution in [2.75, 3.05) is 13.1 Å². The molecule has 0 radical (unpaired) electrons. The van der Waals surface area contributed by atoms with E-state index in [-0.39, 0.29) is 11.9 Å². The summed E-state index contributed by atoms with van der Waals surface area (Å²) >= 11 is 0. The summed E-state index contributed by atoms with van der Waals surface area (Å²) < 4.78 is 18.8. The summed E-state index contributed by atoms with van der Waals surface area (Å²) in [5.74, 6) is 0.995. The molecule has 0 aliphatic heterocycles. The molecule has 1 aromatic rings. The lowest BCUT2D eigenvalue weighted by atomic mass is 10.2. The third kappa shape index (κ3) is 5.18. The van der Waals surface area contributed by atoms with Gasteiger partial charge in [0.15, 0.2) is 0 Å². The van der Waals surface area contributed by atoms with Gasteiger partial charge in [-0.1, -0.05) is 19.9 Å². The molecule has 1 aromatic carbocycles. The standard InChI is InChI=1S/C14H22FNO/c1-10(2)8-16-9-12(4)17-14-7-13(15)6-5-11(14)3/h5-7,10,12,16H,8-9H2,1-4H3. The third-order valence-electron chi connectivity index (χ3n) is 2.46. The molecule has 2 nitrogen and oxygen atoms in total. The smallest absolute Gasteiger partial charge is 0.126 e. The Kier molecular flexibility index (Phi) is 5.42. The molecule has 0 spiro atoms. The maximum Gasteiger partial charge on any atom is 0.126 e. The Morgan fingerprint density at radius 1 is 1.24 bits per heavy atom. The van der Waals surface area contributed by atoms with Gasteiger partial charge in [0.25, 0.3) is 0 Å². The molecular formula is C14H22FNO. The van der Waals surface area contributed by atoms with Crippen molar-refractivity contribution in [2.24, 2.45) is 5.92 Å². The van der Waals surface area contributed by atoms with E-state index in [1.807, 2.05) is 13.8 Å². The van der Waals surface area contributed by atoms with E-state index in [4.69, 9.17) is 4.74 Å². The van der Waals surface area contributed by atoms with Crippen LogP contribution in [0.25, 0.3) is 0 Å². The van der Waals surface area contributed by atoms with Crippen molar-refractivity contribution in [3.05, 3.63) is 29.6 Å². The third-order valence-corrected chi connectivity index (χ3v) is 2.46. The first-order valence-corrected chi connectivity index (χ1v) is 6.12. The van der Waals surface area contributed by atoms with Crippen LogP contribution in [0.5, 0.6) is 5.75 Å². The van der Waals surface area contributed by atoms with Gasteiger partial charge in [0.1, 0.15) is 17.7 Å². The number of nitrogens with one attached hydrogen (secondary N) is 1. The van der Waals surface area contributed by atoms with E-state index in [2.05, 4.69) is 19.2 Å². The number of aryl methyl sites for hydroxylation is 1. The quantitative estimate of drug-likeness (QED) is 0.823. The van der Waals surface area contributed by atoms with Crippen LogP contribution in [0.4, 0.5) is 4.39 Å². The van der Waals surface area contributed by atoms with Gasteiger partial charge in [-0.2, -0.15) is 0 Å². The monoisotopic (exact) mass is 239 g/mol. The number of ether oxygens (including phenoxy) is 1. The molecular weight excluding hydrogens is 217 g/mol. The van der Waals surface area contributed by atoms with Crippen molar-refractivity contribution in [1.82, 2.24) is 5.32 Å². The first-order valence-electron chi connectivity index (χ1n) is 6.12. The van der Waals surface area contributed by atoms with Gasteiger partial charge in [0, 0.05) is 12.6 Å². The fourth-order valence-corrected chi connectivity index (χ4v) is 1.53. The van der Waals surface area contributed by atoms with Crippen LogP contribution >= 0.6 is 0 Å². The predicted octanol–water partition coefficient (Wildman–Crippen LogP) is 3.15. The highest BCUT2D eigenvalue weighted by atomic mass is 19.1. The molecule has 1 unspecified atom stereocenters. The van der Waals surface area contributed by atoms with Gasteiger partial charge < -0.3 is 10.1 Å². The van der Waals surface area contributed by atoms with Crippen molar-refractivity contribution in [3.63, 3.8) is 0 Å². The zero-order valence-corrected chi connectivity index (χ0v) is 11.1. The average molecular weight is 239 g/mol. The Morgan fingerprint density at radius 3 is 2.59 bits per heavy atom. The van der Waals surface area contributed by atoms with Crippen LogP contribution < -0.4 is 10.1 Å². The van der Waals surface area contributed by atoms with Gasteiger partial charge in [-0.15, -0.1) is 0 Å². The molecule has 0 amide bonds. The Morgan fingerprint density at radius 2 is 1.94 bits per heavy atom.